The number of hydrogen-bond acceptors (Lipinski definition) is 3. The van der Waals surface area contributed by atoms with Gasteiger partial charge in [0.25, 0.3) is 0 Å². The maximum atomic E-state index is 10.5. The molecule has 1 heterocycles. The van der Waals surface area contributed by atoms with E-state index in [9.17, 15) is 4.79 Å². The number of anilines is 1. The first kappa shape index (κ1) is 7.91. The van der Waals surface area contributed by atoms with Gasteiger partial charge in [-0.15, -0.1) is 0 Å². The van der Waals surface area contributed by atoms with Gasteiger partial charge in [0.1, 0.15) is 0 Å². The van der Waals surface area contributed by atoms with E-state index in [-0.39, 0.29) is 0 Å². The fourth-order valence-corrected chi connectivity index (χ4v) is 1.51. The maximum absolute atomic E-state index is 10.5. The number of primary amides is 1. The summed E-state index contributed by atoms with van der Waals surface area (Å²) < 4.78 is 0. The zero-order chi connectivity index (χ0) is 9.26. The lowest BCUT2D eigenvalue weighted by Gasteiger charge is -2.15. The lowest BCUT2D eigenvalue weighted by atomic mass is 10.2. The molecule has 1 aliphatic heterocycles. The third kappa shape index (κ3) is 1.42. The van der Waals surface area contributed by atoms with Crippen molar-refractivity contribution >= 4 is 11.8 Å². The summed E-state index contributed by atoms with van der Waals surface area (Å²) in [7, 11) is 0. The molecule has 0 fully saturated rings. The fourth-order valence-electron chi connectivity index (χ4n) is 1.51. The van der Waals surface area contributed by atoms with Crippen LogP contribution in [0.1, 0.15) is 5.56 Å². The van der Waals surface area contributed by atoms with Crippen LogP contribution in [0.3, 0.4) is 0 Å². The smallest absolute Gasteiger partial charge is 0.333 e. The quantitative estimate of drug-likeness (QED) is 0.699. The summed E-state index contributed by atoms with van der Waals surface area (Å²) in [5.74, 6) is 0. The number of benzene rings is 1. The van der Waals surface area contributed by atoms with E-state index >= 15 is 0 Å². The number of hydroxylamine groups is 1. The summed E-state index contributed by atoms with van der Waals surface area (Å²) in [6, 6.07) is 7.79. The van der Waals surface area contributed by atoms with Gasteiger partial charge in [-0.1, -0.05) is 18.2 Å². The van der Waals surface area contributed by atoms with Gasteiger partial charge in [-0.05, 0) is 18.1 Å². The van der Waals surface area contributed by atoms with Gasteiger partial charge in [0.15, 0.2) is 0 Å². The van der Waals surface area contributed by atoms with Gasteiger partial charge in [-0.2, -0.15) is 0 Å². The van der Waals surface area contributed by atoms with Crippen molar-refractivity contribution in [3.05, 3.63) is 29.8 Å². The van der Waals surface area contributed by atoms with Crippen molar-refractivity contribution < 1.29 is 9.63 Å². The van der Waals surface area contributed by atoms with Crippen molar-refractivity contribution in [3.63, 3.8) is 0 Å². The maximum Gasteiger partial charge on any atom is 0.429 e. The first-order chi connectivity index (χ1) is 6.27. The molecular weight excluding hydrogens is 168 g/mol. The van der Waals surface area contributed by atoms with Crippen molar-refractivity contribution in [2.45, 2.75) is 6.42 Å². The minimum absolute atomic E-state index is 0.683. The molecule has 0 saturated heterocycles. The molecule has 0 radical (unpaired) electrons. The van der Waals surface area contributed by atoms with Gasteiger partial charge >= 0.3 is 6.09 Å². The third-order valence-corrected chi connectivity index (χ3v) is 2.04. The van der Waals surface area contributed by atoms with E-state index in [0.29, 0.717) is 6.54 Å². The molecule has 4 heteroatoms. The zero-order valence-corrected chi connectivity index (χ0v) is 7.06. The number of hydrogen-bond donors (Lipinski definition) is 1. The summed E-state index contributed by atoms with van der Waals surface area (Å²) in [4.78, 5) is 15.3. The second-order valence-electron chi connectivity index (χ2n) is 2.89. The average molecular weight is 178 g/mol. The van der Waals surface area contributed by atoms with Crippen LogP contribution in [0.4, 0.5) is 10.5 Å². The SMILES string of the molecule is NC(=O)ON1CCc2ccccc21. The van der Waals surface area contributed by atoms with E-state index < -0.39 is 6.09 Å². The Kier molecular flexibility index (Phi) is 1.81. The molecule has 0 spiro atoms. The molecule has 0 bridgehead atoms. The van der Waals surface area contributed by atoms with Crippen molar-refractivity contribution in [1.82, 2.24) is 0 Å². The number of nitrogens with two attached hydrogens (primary N) is 1. The van der Waals surface area contributed by atoms with Gasteiger partial charge in [0.2, 0.25) is 0 Å². The van der Waals surface area contributed by atoms with E-state index in [1.165, 1.54) is 10.6 Å². The molecule has 13 heavy (non-hydrogen) atoms. The Morgan fingerprint density at radius 2 is 2.23 bits per heavy atom. The molecule has 2 N–H and O–H groups in total. The predicted octanol–water partition coefficient (Wildman–Crippen LogP) is 1.06. The summed E-state index contributed by atoms with van der Waals surface area (Å²) in [6.45, 7) is 0.683. The van der Waals surface area contributed by atoms with Gasteiger partial charge in [-0.3, -0.25) is 0 Å². The number of carbonyl (C=O) groups is 1. The second kappa shape index (κ2) is 2.97. The first-order valence-electron chi connectivity index (χ1n) is 4.10. The molecule has 1 aliphatic rings. The zero-order valence-electron chi connectivity index (χ0n) is 7.06. The Morgan fingerprint density at radius 1 is 1.46 bits per heavy atom. The molecular formula is C9H10N2O2. The van der Waals surface area contributed by atoms with Crippen LogP contribution in [0, 0.1) is 0 Å². The van der Waals surface area contributed by atoms with Crippen LogP contribution in [-0.4, -0.2) is 12.6 Å². The van der Waals surface area contributed by atoms with E-state index in [4.69, 9.17) is 10.6 Å². The van der Waals surface area contributed by atoms with Gasteiger partial charge in [-0.25, -0.2) is 9.86 Å². The van der Waals surface area contributed by atoms with Crippen molar-refractivity contribution in [2.24, 2.45) is 5.73 Å². The van der Waals surface area contributed by atoms with E-state index in [0.717, 1.165) is 12.1 Å². The van der Waals surface area contributed by atoms with E-state index in [1.54, 1.807) is 0 Å². The van der Waals surface area contributed by atoms with Crippen molar-refractivity contribution in [1.29, 1.82) is 0 Å². The minimum Gasteiger partial charge on any atom is -0.333 e. The Morgan fingerprint density at radius 3 is 3.00 bits per heavy atom. The monoisotopic (exact) mass is 178 g/mol. The molecule has 1 aromatic carbocycles. The summed E-state index contributed by atoms with van der Waals surface area (Å²) in [6.07, 6.45) is 0.125. The molecule has 0 saturated carbocycles. The van der Waals surface area contributed by atoms with Crippen LogP contribution in [0.2, 0.25) is 0 Å². The van der Waals surface area contributed by atoms with Crippen molar-refractivity contribution in [3.8, 4) is 0 Å². The normalized spacial score (nSPS) is 14.0. The minimum atomic E-state index is -0.767. The topological polar surface area (TPSA) is 55.6 Å². The summed E-state index contributed by atoms with van der Waals surface area (Å²) in [5, 5.41) is 1.53. The predicted molar refractivity (Wildman–Crippen MR) is 48.2 cm³/mol. The number of para-hydroxylation sites is 1. The summed E-state index contributed by atoms with van der Waals surface area (Å²) >= 11 is 0. The molecule has 0 atom stereocenters. The standard InChI is InChI=1S/C9H10N2O2/c10-9(12)13-11-6-5-7-3-1-2-4-8(7)11/h1-4H,5-6H2,(H2,10,12). The molecule has 1 aromatic rings. The molecule has 4 nitrogen and oxygen atoms in total. The molecule has 0 aliphatic carbocycles. The molecule has 0 unspecified atom stereocenters. The molecule has 0 aromatic heterocycles. The van der Waals surface area contributed by atoms with Crippen LogP contribution >= 0.6 is 0 Å². The van der Waals surface area contributed by atoms with Crippen molar-refractivity contribution in [2.75, 3.05) is 11.6 Å². The first-order valence-corrected chi connectivity index (χ1v) is 4.10. The lowest BCUT2D eigenvalue weighted by molar-refractivity contribution is 0.146. The largest absolute Gasteiger partial charge is 0.429 e. The lowest BCUT2D eigenvalue weighted by Crippen LogP contribution is -2.28. The van der Waals surface area contributed by atoms with Crippen LogP contribution in [-0.2, 0) is 11.3 Å². The second-order valence-corrected chi connectivity index (χ2v) is 2.89. The molecule has 1 amide bonds. The van der Waals surface area contributed by atoms with E-state index in [1.807, 2.05) is 24.3 Å². The van der Waals surface area contributed by atoms with Crippen LogP contribution < -0.4 is 10.8 Å². The Bertz CT molecular complexity index is 338. The highest BCUT2D eigenvalue weighted by Crippen LogP contribution is 2.27. The van der Waals surface area contributed by atoms with Gasteiger partial charge in [0.05, 0.1) is 12.2 Å². The Labute approximate surface area is 75.8 Å². The number of nitrogens with zero attached hydrogens (tertiary/aromatic N) is 1. The summed E-state index contributed by atoms with van der Waals surface area (Å²) in [5.41, 5.74) is 7.04. The number of fused-ring (bicyclic) bond motifs is 1. The van der Waals surface area contributed by atoms with Gasteiger partial charge in [0, 0.05) is 0 Å². The third-order valence-electron chi connectivity index (χ3n) is 2.04. The number of carbonyl (C=O) groups excluding carboxylic acids is 1. The number of amides is 1. The van der Waals surface area contributed by atoms with Crippen LogP contribution in [0.15, 0.2) is 24.3 Å². The highest BCUT2D eigenvalue weighted by atomic mass is 16.7. The molecule has 68 valence electrons. The molecule has 2 rings (SSSR count). The van der Waals surface area contributed by atoms with E-state index in [2.05, 4.69) is 0 Å². The average Bonchev–Trinajstić information content (AvgIpc) is 2.48. The highest BCUT2D eigenvalue weighted by Gasteiger charge is 2.20. The van der Waals surface area contributed by atoms with Gasteiger partial charge < -0.3 is 10.6 Å². The number of rotatable bonds is 1. The Balaban J connectivity index is 2.23. The van der Waals surface area contributed by atoms with Crippen LogP contribution in [0.5, 0.6) is 0 Å². The highest BCUT2D eigenvalue weighted by molar-refractivity contribution is 5.68. The van der Waals surface area contributed by atoms with Crippen LogP contribution in [0.25, 0.3) is 0 Å². The Hall–Kier alpha value is -1.71. The fraction of sp³-hybridized carbons (Fsp3) is 0.222.